The topological polar surface area (TPSA) is 68.2 Å². The molecular weight excluding hydrogens is 291 g/mol. The lowest BCUT2D eigenvalue weighted by Gasteiger charge is -2.23. The molecule has 0 aliphatic heterocycles. The number of nitrogens with zero attached hydrogens (tertiary/aromatic N) is 1. The van der Waals surface area contributed by atoms with E-state index >= 15 is 0 Å². The molecule has 2 N–H and O–H groups in total. The fourth-order valence-corrected chi connectivity index (χ4v) is 2.32. The van der Waals surface area contributed by atoms with Crippen molar-refractivity contribution in [2.75, 3.05) is 0 Å². The van der Waals surface area contributed by atoms with Crippen molar-refractivity contribution >= 4 is 16.9 Å². The first-order valence-corrected chi connectivity index (χ1v) is 7.65. The standard InChI is InChI=1S/C15H21FN2O2S/c1-6-11(10(2)19)12-7-8-17-13(14(12)16)9-18-21(20)15(3,4)5/h6-8,18-19H,1,9H2,2-5H3/b11-10-/t21-/m1/s1. The number of pyridine rings is 1. The van der Waals surface area contributed by atoms with Crippen LogP contribution in [0.2, 0.25) is 0 Å². The Labute approximate surface area is 128 Å². The van der Waals surface area contributed by atoms with Gasteiger partial charge in [-0.1, -0.05) is 12.7 Å². The van der Waals surface area contributed by atoms with Crippen LogP contribution in [0.4, 0.5) is 4.39 Å². The van der Waals surface area contributed by atoms with Crippen LogP contribution in [-0.4, -0.2) is 19.4 Å². The van der Waals surface area contributed by atoms with Gasteiger partial charge in [0, 0.05) is 28.7 Å². The Kier molecular flexibility index (Phi) is 5.95. The first-order valence-electron chi connectivity index (χ1n) is 6.50. The number of hydrogen-bond acceptors (Lipinski definition) is 4. The summed E-state index contributed by atoms with van der Waals surface area (Å²) in [6.07, 6.45) is 2.83. The van der Waals surface area contributed by atoms with E-state index in [0.717, 1.165) is 0 Å². The van der Waals surface area contributed by atoms with Crippen molar-refractivity contribution in [3.63, 3.8) is 0 Å². The van der Waals surface area contributed by atoms with Crippen LogP contribution in [0.3, 0.4) is 0 Å². The lowest BCUT2D eigenvalue weighted by atomic mass is 10.0. The van der Waals surface area contributed by atoms with Gasteiger partial charge in [-0.25, -0.2) is 4.39 Å². The highest BCUT2D eigenvalue weighted by atomic mass is 32.2. The van der Waals surface area contributed by atoms with Crippen molar-refractivity contribution in [2.45, 2.75) is 39.0 Å². The smallest absolute Gasteiger partial charge is 0.154 e. The lowest BCUT2D eigenvalue weighted by molar-refractivity contribution is 0.417. The van der Waals surface area contributed by atoms with Crippen molar-refractivity contribution in [1.82, 2.24) is 9.71 Å². The monoisotopic (exact) mass is 312 g/mol. The molecule has 116 valence electrons. The molecule has 0 spiro atoms. The summed E-state index contributed by atoms with van der Waals surface area (Å²) < 4.78 is 28.7. The third-order valence-electron chi connectivity index (χ3n) is 2.77. The van der Waals surface area contributed by atoms with Crippen LogP contribution < -0.4 is 4.72 Å². The number of aliphatic hydroxyl groups is 1. The second-order valence-corrected chi connectivity index (χ2v) is 7.58. The van der Waals surface area contributed by atoms with E-state index in [1.54, 1.807) is 0 Å². The van der Waals surface area contributed by atoms with Gasteiger partial charge < -0.3 is 9.66 Å². The molecule has 1 heterocycles. The van der Waals surface area contributed by atoms with Crippen molar-refractivity contribution in [3.05, 3.63) is 47.8 Å². The Balaban J connectivity index is 3.02. The molecule has 0 unspecified atom stereocenters. The predicted molar refractivity (Wildman–Crippen MR) is 84.3 cm³/mol. The van der Waals surface area contributed by atoms with Crippen LogP contribution in [0.1, 0.15) is 39.0 Å². The minimum atomic E-state index is -1.31. The molecule has 0 fully saturated rings. The molecule has 6 heteroatoms. The fraction of sp³-hybridized carbons (Fsp3) is 0.400. The number of aromatic nitrogens is 1. The molecule has 1 rings (SSSR count). The number of allylic oxidation sites excluding steroid dienone is 3. The maximum absolute atomic E-state index is 14.4. The van der Waals surface area contributed by atoms with E-state index in [4.69, 9.17) is 0 Å². The fourth-order valence-electron chi connectivity index (χ4n) is 1.62. The normalized spacial score (nSPS) is 14.6. The first kappa shape index (κ1) is 17.7. The molecule has 0 amide bonds. The molecule has 0 radical (unpaired) electrons. The van der Waals surface area contributed by atoms with Gasteiger partial charge in [0.25, 0.3) is 0 Å². The Morgan fingerprint density at radius 1 is 1.57 bits per heavy atom. The molecule has 0 aliphatic carbocycles. The van der Waals surface area contributed by atoms with Gasteiger partial charge in [-0.3, -0.25) is 4.98 Å². The summed E-state index contributed by atoms with van der Waals surface area (Å²) in [6, 6.07) is 1.47. The van der Waals surface area contributed by atoms with E-state index in [2.05, 4.69) is 16.3 Å². The summed E-state index contributed by atoms with van der Waals surface area (Å²) in [5.41, 5.74) is 0.678. The molecule has 0 saturated carbocycles. The Morgan fingerprint density at radius 2 is 2.19 bits per heavy atom. The van der Waals surface area contributed by atoms with Crippen LogP contribution in [0, 0.1) is 5.82 Å². The number of hydrogen-bond donors (Lipinski definition) is 2. The zero-order chi connectivity index (χ0) is 16.2. The predicted octanol–water partition coefficient (Wildman–Crippen LogP) is 3.25. The molecule has 1 aromatic heterocycles. The summed E-state index contributed by atoms with van der Waals surface area (Å²) in [5, 5.41) is 9.56. The highest BCUT2D eigenvalue weighted by molar-refractivity contribution is 7.90. The summed E-state index contributed by atoms with van der Waals surface area (Å²) >= 11 is -1.31. The largest absolute Gasteiger partial charge is 0.598 e. The first-order chi connectivity index (χ1) is 9.68. The maximum atomic E-state index is 14.4. The number of aliphatic hydroxyl groups excluding tert-OH is 1. The van der Waals surface area contributed by atoms with Crippen molar-refractivity contribution in [1.29, 1.82) is 0 Å². The molecule has 0 aromatic carbocycles. The van der Waals surface area contributed by atoms with E-state index in [0.29, 0.717) is 5.57 Å². The van der Waals surface area contributed by atoms with E-state index in [1.165, 1.54) is 25.3 Å². The zero-order valence-electron chi connectivity index (χ0n) is 12.7. The molecule has 4 nitrogen and oxygen atoms in total. The van der Waals surface area contributed by atoms with Crippen LogP contribution in [0.15, 0.2) is 30.7 Å². The van der Waals surface area contributed by atoms with Crippen molar-refractivity contribution < 1.29 is 14.0 Å². The quantitative estimate of drug-likeness (QED) is 0.497. The van der Waals surface area contributed by atoms with Crippen LogP contribution >= 0.6 is 0 Å². The van der Waals surface area contributed by atoms with Gasteiger partial charge in [0.15, 0.2) is 5.82 Å². The van der Waals surface area contributed by atoms with Crippen molar-refractivity contribution in [2.24, 2.45) is 0 Å². The SMILES string of the molecule is C=C/C(=C(\C)O)c1ccnc(CN[S@+]([O-])C(C)(C)C)c1F. The molecule has 1 aromatic rings. The summed E-state index contributed by atoms with van der Waals surface area (Å²) in [5.74, 6) is -0.577. The third kappa shape index (κ3) is 4.56. The number of rotatable bonds is 5. The van der Waals surface area contributed by atoms with Gasteiger partial charge in [0.1, 0.15) is 4.75 Å². The summed E-state index contributed by atoms with van der Waals surface area (Å²) in [4.78, 5) is 3.96. The molecule has 0 bridgehead atoms. The zero-order valence-corrected chi connectivity index (χ0v) is 13.6. The lowest BCUT2D eigenvalue weighted by Crippen LogP contribution is -2.39. The maximum Gasteiger partial charge on any atom is 0.154 e. The van der Waals surface area contributed by atoms with Gasteiger partial charge in [-0.05, 0) is 33.8 Å². The van der Waals surface area contributed by atoms with E-state index in [1.807, 2.05) is 20.8 Å². The Hall–Kier alpha value is -1.37. The molecule has 0 saturated heterocycles. The average Bonchev–Trinajstić information content (AvgIpc) is 2.38. The summed E-state index contributed by atoms with van der Waals surface area (Å²) in [6.45, 7) is 10.5. The van der Waals surface area contributed by atoms with Gasteiger partial charge in [-0.2, -0.15) is 0 Å². The van der Waals surface area contributed by atoms with Gasteiger partial charge in [0.05, 0.1) is 18.0 Å². The average molecular weight is 312 g/mol. The Bertz CT molecular complexity index is 549. The second kappa shape index (κ2) is 7.06. The van der Waals surface area contributed by atoms with Crippen LogP contribution in [0.25, 0.3) is 5.57 Å². The Morgan fingerprint density at radius 3 is 2.67 bits per heavy atom. The number of nitrogens with one attached hydrogen (secondary N) is 1. The van der Waals surface area contributed by atoms with E-state index in [-0.39, 0.29) is 23.6 Å². The minimum Gasteiger partial charge on any atom is -0.598 e. The molecule has 1 atom stereocenters. The second-order valence-electron chi connectivity index (χ2n) is 5.52. The van der Waals surface area contributed by atoms with Crippen LogP contribution in [0.5, 0.6) is 0 Å². The molecule has 21 heavy (non-hydrogen) atoms. The van der Waals surface area contributed by atoms with E-state index < -0.39 is 21.9 Å². The third-order valence-corrected chi connectivity index (χ3v) is 4.29. The molecular formula is C15H21FN2O2S. The van der Waals surface area contributed by atoms with Gasteiger partial charge >= 0.3 is 0 Å². The molecule has 0 aliphatic rings. The van der Waals surface area contributed by atoms with E-state index in [9.17, 15) is 14.0 Å². The highest BCUT2D eigenvalue weighted by Gasteiger charge is 2.26. The number of halogens is 1. The highest BCUT2D eigenvalue weighted by Crippen LogP contribution is 2.23. The minimum absolute atomic E-state index is 0.0210. The van der Waals surface area contributed by atoms with Gasteiger partial charge in [-0.15, -0.1) is 4.72 Å². The summed E-state index contributed by atoms with van der Waals surface area (Å²) in [7, 11) is 0. The van der Waals surface area contributed by atoms with Crippen LogP contribution in [-0.2, 0) is 17.9 Å². The van der Waals surface area contributed by atoms with Gasteiger partial charge in [0.2, 0.25) is 0 Å². The van der Waals surface area contributed by atoms with Crippen molar-refractivity contribution in [3.8, 4) is 0 Å².